The molecule has 4 aromatic rings. The number of para-hydroxylation sites is 2. The van der Waals surface area contributed by atoms with Gasteiger partial charge in [0, 0.05) is 28.4 Å². The highest BCUT2D eigenvalue weighted by atomic mass is 16.3. The van der Waals surface area contributed by atoms with Crippen LogP contribution in [0.5, 0.6) is 0 Å². The molecule has 3 nitrogen and oxygen atoms in total. The molecule has 0 saturated heterocycles. The van der Waals surface area contributed by atoms with Gasteiger partial charge >= 0.3 is 0 Å². The Morgan fingerprint density at radius 1 is 0.857 bits per heavy atom. The Morgan fingerprint density at radius 3 is 2.05 bits per heavy atom. The quantitative estimate of drug-likeness (QED) is 0.612. The van der Waals surface area contributed by atoms with Crippen molar-refractivity contribution in [2.45, 2.75) is 12.6 Å². The van der Waals surface area contributed by atoms with Gasteiger partial charge in [0.1, 0.15) is 5.76 Å². The molecule has 0 saturated carbocycles. The molecular formula is C18H16N2O. The summed E-state index contributed by atoms with van der Waals surface area (Å²) in [7, 11) is 0. The molecule has 0 aliphatic rings. The average molecular weight is 276 g/mol. The highest BCUT2D eigenvalue weighted by Gasteiger charge is 2.14. The molecule has 104 valence electrons. The molecule has 1 atom stereocenters. The lowest BCUT2D eigenvalue weighted by molar-refractivity contribution is 0.441. The predicted octanol–water partition coefficient (Wildman–Crippen LogP) is 4.09. The molecule has 3 heteroatoms. The van der Waals surface area contributed by atoms with Crippen LogP contribution in [0, 0.1) is 0 Å². The zero-order valence-corrected chi connectivity index (χ0v) is 11.6. The standard InChI is InChI=1S/C18H16N2O/c19-15(18-10-5-11-21-18)12-20-16-8-3-1-6-13(16)14-7-2-4-9-17(14)20/h1-11,15H,12,19H2. The third-order valence-electron chi connectivity index (χ3n) is 3.97. The molecular weight excluding hydrogens is 260 g/mol. The Kier molecular flexibility index (Phi) is 2.79. The van der Waals surface area contributed by atoms with E-state index in [1.165, 1.54) is 21.8 Å². The molecule has 0 bridgehead atoms. The number of furan rings is 1. The van der Waals surface area contributed by atoms with Crippen molar-refractivity contribution in [1.29, 1.82) is 0 Å². The molecule has 0 aliphatic carbocycles. The number of aromatic nitrogens is 1. The number of nitrogens with zero attached hydrogens (tertiary/aromatic N) is 1. The van der Waals surface area contributed by atoms with Gasteiger partial charge in [0.15, 0.2) is 0 Å². The molecule has 2 heterocycles. The van der Waals surface area contributed by atoms with Gasteiger partial charge in [0.2, 0.25) is 0 Å². The summed E-state index contributed by atoms with van der Waals surface area (Å²) in [6.45, 7) is 0.696. The molecule has 2 N–H and O–H groups in total. The maximum absolute atomic E-state index is 6.30. The van der Waals surface area contributed by atoms with Gasteiger partial charge in [-0.25, -0.2) is 0 Å². The van der Waals surface area contributed by atoms with Gasteiger partial charge in [-0.15, -0.1) is 0 Å². The van der Waals surface area contributed by atoms with Crippen LogP contribution >= 0.6 is 0 Å². The Bertz CT molecular complexity index is 837. The van der Waals surface area contributed by atoms with Crippen LogP contribution in [-0.4, -0.2) is 4.57 Å². The van der Waals surface area contributed by atoms with Crippen LogP contribution in [0.25, 0.3) is 21.8 Å². The topological polar surface area (TPSA) is 44.1 Å². The van der Waals surface area contributed by atoms with Gasteiger partial charge in [-0.2, -0.15) is 0 Å². The van der Waals surface area contributed by atoms with Crippen molar-refractivity contribution >= 4 is 21.8 Å². The van der Waals surface area contributed by atoms with Crippen LogP contribution in [0.15, 0.2) is 71.3 Å². The largest absolute Gasteiger partial charge is 0.468 e. The number of fused-ring (bicyclic) bond motifs is 3. The lowest BCUT2D eigenvalue weighted by Gasteiger charge is -2.12. The van der Waals surface area contributed by atoms with E-state index in [-0.39, 0.29) is 6.04 Å². The third-order valence-corrected chi connectivity index (χ3v) is 3.97. The van der Waals surface area contributed by atoms with Gasteiger partial charge in [-0.1, -0.05) is 36.4 Å². The first-order valence-electron chi connectivity index (χ1n) is 7.09. The van der Waals surface area contributed by atoms with Crippen LogP contribution < -0.4 is 5.73 Å². The van der Waals surface area contributed by atoms with E-state index in [0.717, 1.165) is 5.76 Å². The van der Waals surface area contributed by atoms with Crippen molar-refractivity contribution in [3.63, 3.8) is 0 Å². The van der Waals surface area contributed by atoms with E-state index in [0.29, 0.717) is 6.54 Å². The lowest BCUT2D eigenvalue weighted by Crippen LogP contribution is -2.16. The average Bonchev–Trinajstić information content (AvgIpc) is 3.15. The van der Waals surface area contributed by atoms with E-state index in [1.54, 1.807) is 6.26 Å². The second-order valence-electron chi connectivity index (χ2n) is 5.27. The summed E-state index contributed by atoms with van der Waals surface area (Å²) in [5, 5.41) is 2.53. The minimum absolute atomic E-state index is 0.154. The van der Waals surface area contributed by atoms with Crippen LogP contribution in [0.1, 0.15) is 11.8 Å². The highest BCUT2D eigenvalue weighted by Crippen LogP contribution is 2.30. The molecule has 21 heavy (non-hydrogen) atoms. The zero-order valence-electron chi connectivity index (χ0n) is 11.6. The van der Waals surface area contributed by atoms with E-state index in [1.807, 2.05) is 12.1 Å². The number of hydrogen-bond acceptors (Lipinski definition) is 2. The van der Waals surface area contributed by atoms with Crippen LogP contribution in [0.3, 0.4) is 0 Å². The molecule has 4 rings (SSSR count). The molecule has 0 spiro atoms. The summed E-state index contributed by atoms with van der Waals surface area (Å²) < 4.78 is 7.71. The third kappa shape index (κ3) is 1.94. The van der Waals surface area contributed by atoms with Gasteiger partial charge in [0.05, 0.1) is 12.3 Å². The molecule has 1 unspecified atom stereocenters. The summed E-state index contributed by atoms with van der Waals surface area (Å²) in [6, 6.07) is 20.5. The maximum atomic E-state index is 6.30. The fourth-order valence-electron chi connectivity index (χ4n) is 2.99. The Morgan fingerprint density at radius 2 is 1.48 bits per heavy atom. The lowest BCUT2D eigenvalue weighted by atomic mass is 10.2. The Hall–Kier alpha value is -2.52. The molecule has 2 aromatic carbocycles. The van der Waals surface area contributed by atoms with Crippen molar-refractivity contribution in [3.8, 4) is 0 Å². The summed E-state index contributed by atoms with van der Waals surface area (Å²) in [6.07, 6.45) is 1.67. The van der Waals surface area contributed by atoms with E-state index >= 15 is 0 Å². The van der Waals surface area contributed by atoms with Crippen LogP contribution in [0.2, 0.25) is 0 Å². The number of hydrogen-bond donors (Lipinski definition) is 1. The molecule has 0 aliphatic heterocycles. The minimum Gasteiger partial charge on any atom is -0.468 e. The van der Waals surface area contributed by atoms with E-state index < -0.39 is 0 Å². The van der Waals surface area contributed by atoms with Crippen molar-refractivity contribution in [3.05, 3.63) is 72.7 Å². The normalized spacial score (nSPS) is 13.0. The zero-order chi connectivity index (χ0) is 14.2. The first-order chi connectivity index (χ1) is 10.3. The summed E-state index contributed by atoms with van der Waals surface area (Å²) in [5.41, 5.74) is 8.72. The maximum Gasteiger partial charge on any atom is 0.122 e. The molecule has 2 aromatic heterocycles. The van der Waals surface area contributed by atoms with Gasteiger partial charge in [-0.3, -0.25) is 0 Å². The van der Waals surface area contributed by atoms with E-state index in [9.17, 15) is 0 Å². The summed E-state index contributed by atoms with van der Waals surface area (Å²) in [5.74, 6) is 0.817. The van der Waals surface area contributed by atoms with Crippen molar-refractivity contribution in [1.82, 2.24) is 4.57 Å². The Labute approximate surface area is 122 Å². The number of nitrogens with two attached hydrogens (primary N) is 1. The second kappa shape index (κ2) is 4.79. The van der Waals surface area contributed by atoms with E-state index in [2.05, 4.69) is 53.1 Å². The highest BCUT2D eigenvalue weighted by molar-refractivity contribution is 6.07. The molecule has 0 amide bonds. The smallest absolute Gasteiger partial charge is 0.122 e. The second-order valence-corrected chi connectivity index (χ2v) is 5.27. The predicted molar refractivity (Wildman–Crippen MR) is 85.1 cm³/mol. The van der Waals surface area contributed by atoms with Crippen LogP contribution in [0.4, 0.5) is 0 Å². The van der Waals surface area contributed by atoms with E-state index in [4.69, 9.17) is 10.2 Å². The SMILES string of the molecule is NC(Cn1c2ccccc2c2ccccc21)c1ccco1. The van der Waals surface area contributed by atoms with Gasteiger partial charge < -0.3 is 14.7 Å². The molecule has 0 fully saturated rings. The number of benzene rings is 2. The molecule has 0 radical (unpaired) electrons. The fourth-order valence-corrected chi connectivity index (χ4v) is 2.99. The van der Waals surface area contributed by atoms with Crippen molar-refractivity contribution in [2.75, 3.05) is 0 Å². The summed E-state index contributed by atoms with van der Waals surface area (Å²) >= 11 is 0. The van der Waals surface area contributed by atoms with Crippen LogP contribution in [-0.2, 0) is 6.54 Å². The van der Waals surface area contributed by atoms with Crippen molar-refractivity contribution < 1.29 is 4.42 Å². The fraction of sp³-hybridized carbons (Fsp3) is 0.111. The van der Waals surface area contributed by atoms with Crippen molar-refractivity contribution in [2.24, 2.45) is 5.73 Å². The van der Waals surface area contributed by atoms with Gasteiger partial charge in [-0.05, 0) is 24.3 Å². The minimum atomic E-state index is -0.154. The number of rotatable bonds is 3. The summed E-state index contributed by atoms with van der Waals surface area (Å²) in [4.78, 5) is 0. The van der Waals surface area contributed by atoms with Gasteiger partial charge in [0.25, 0.3) is 0 Å². The first-order valence-corrected chi connectivity index (χ1v) is 7.09. The Balaban J connectivity index is 1.90. The monoisotopic (exact) mass is 276 g/mol. The first kappa shape index (κ1) is 12.2.